The molecule has 0 bridgehead atoms. The molecule has 0 saturated carbocycles. The van der Waals surface area contributed by atoms with Crippen LogP contribution in [0, 0.1) is 6.92 Å². The van der Waals surface area contributed by atoms with Crippen LogP contribution in [-0.2, 0) is 16.0 Å². The molecule has 0 unspecified atom stereocenters. The number of hydrogen-bond donors (Lipinski definition) is 1. The van der Waals surface area contributed by atoms with Crippen molar-refractivity contribution in [3.05, 3.63) is 75.4 Å². The van der Waals surface area contributed by atoms with E-state index in [1.807, 2.05) is 25.3 Å². The number of nitrogens with one attached hydrogen (secondary N) is 1. The monoisotopic (exact) mass is 511 g/mol. The Kier molecular flexibility index (Phi) is 7.73. The Morgan fingerprint density at radius 2 is 1.91 bits per heavy atom. The normalized spacial score (nSPS) is 15.6. The summed E-state index contributed by atoms with van der Waals surface area (Å²) in [6, 6.07) is 14.2. The summed E-state index contributed by atoms with van der Waals surface area (Å²) in [5, 5.41) is 5.23. The van der Waals surface area contributed by atoms with Crippen molar-refractivity contribution >= 4 is 52.2 Å². The maximum Gasteiger partial charge on any atom is 0.332 e. The molecule has 2 aromatic carbocycles. The van der Waals surface area contributed by atoms with Crippen LogP contribution in [0.3, 0.4) is 0 Å². The van der Waals surface area contributed by atoms with E-state index in [9.17, 15) is 14.4 Å². The average molecular weight is 512 g/mol. The van der Waals surface area contributed by atoms with Crippen molar-refractivity contribution in [2.75, 3.05) is 23.4 Å². The lowest BCUT2D eigenvalue weighted by molar-refractivity contribution is -0.124. The largest absolute Gasteiger partial charge is 0.494 e. The molecular formula is C26H26ClN3O4S. The Morgan fingerprint density at radius 3 is 2.57 bits per heavy atom. The second kappa shape index (κ2) is 10.9. The van der Waals surface area contributed by atoms with Gasteiger partial charge in [0.15, 0.2) is 0 Å². The highest BCUT2D eigenvalue weighted by Crippen LogP contribution is 2.30. The van der Waals surface area contributed by atoms with Gasteiger partial charge in [-0.05, 0) is 79.7 Å². The van der Waals surface area contributed by atoms with Crippen molar-refractivity contribution in [1.29, 1.82) is 0 Å². The van der Waals surface area contributed by atoms with Crippen molar-refractivity contribution in [3.8, 4) is 5.75 Å². The van der Waals surface area contributed by atoms with Crippen LogP contribution < -0.4 is 15.0 Å². The van der Waals surface area contributed by atoms with Crippen molar-refractivity contribution in [2.24, 2.45) is 0 Å². The maximum absolute atomic E-state index is 13.4. The zero-order valence-corrected chi connectivity index (χ0v) is 21.1. The van der Waals surface area contributed by atoms with Crippen molar-refractivity contribution in [1.82, 2.24) is 4.90 Å². The van der Waals surface area contributed by atoms with E-state index in [0.717, 1.165) is 15.3 Å². The summed E-state index contributed by atoms with van der Waals surface area (Å²) in [5.41, 5.74) is 2.12. The number of amides is 4. The second-order valence-corrected chi connectivity index (χ2v) is 9.57. The minimum atomic E-state index is -0.913. The minimum absolute atomic E-state index is 0.154. The van der Waals surface area contributed by atoms with Crippen LogP contribution in [-0.4, -0.2) is 41.9 Å². The quantitative estimate of drug-likeness (QED) is 0.384. The molecule has 9 heteroatoms. The van der Waals surface area contributed by atoms with E-state index in [0.29, 0.717) is 41.7 Å². The number of nitrogens with zero attached hydrogens (tertiary/aromatic N) is 2. The molecule has 0 radical (unpaired) electrons. The maximum atomic E-state index is 13.4. The van der Waals surface area contributed by atoms with Gasteiger partial charge in [-0.3, -0.25) is 9.59 Å². The molecule has 1 aliphatic heterocycles. The van der Waals surface area contributed by atoms with Gasteiger partial charge in [0.2, 0.25) is 5.91 Å². The molecule has 0 aliphatic carbocycles. The van der Waals surface area contributed by atoms with Gasteiger partial charge in [-0.25, -0.2) is 9.69 Å². The number of aryl methyl sites for hydroxylation is 1. The van der Waals surface area contributed by atoms with Gasteiger partial charge in [0.25, 0.3) is 5.91 Å². The van der Waals surface area contributed by atoms with Gasteiger partial charge in [0, 0.05) is 22.1 Å². The lowest BCUT2D eigenvalue weighted by Gasteiger charge is -2.21. The van der Waals surface area contributed by atoms with Gasteiger partial charge in [-0.1, -0.05) is 17.7 Å². The molecule has 4 amide bonds. The van der Waals surface area contributed by atoms with Gasteiger partial charge >= 0.3 is 6.03 Å². The predicted octanol–water partition coefficient (Wildman–Crippen LogP) is 5.52. The Hall–Kier alpha value is -3.36. The summed E-state index contributed by atoms with van der Waals surface area (Å²) in [6.45, 7) is 4.79. The van der Waals surface area contributed by atoms with E-state index >= 15 is 0 Å². The van der Waals surface area contributed by atoms with Crippen LogP contribution in [0.1, 0.15) is 23.8 Å². The number of ether oxygens (including phenoxy) is 1. The molecule has 0 spiro atoms. The SMILES string of the molecule is CCOc1ccc(NC(=O)C[C@@H]2C(=O)N(c3cccc(Cl)c3)C(=O)N2CCc2sccc2C)cc1. The predicted molar refractivity (Wildman–Crippen MR) is 138 cm³/mol. The highest BCUT2D eigenvalue weighted by atomic mass is 35.5. The topological polar surface area (TPSA) is 79.0 Å². The number of carbonyl (C=O) groups is 3. The highest BCUT2D eigenvalue weighted by molar-refractivity contribution is 7.10. The van der Waals surface area contributed by atoms with Crippen molar-refractivity contribution in [2.45, 2.75) is 32.7 Å². The molecule has 1 fully saturated rings. The van der Waals surface area contributed by atoms with Crippen LogP contribution >= 0.6 is 22.9 Å². The first kappa shape index (κ1) is 24.8. The molecule has 1 aromatic heterocycles. The first-order valence-corrected chi connectivity index (χ1v) is 12.6. The van der Waals surface area contributed by atoms with Crippen LogP contribution in [0.4, 0.5) is 16.2 Å². The summed E-state index contributed by atoms with van der Waals surface area (Å²) in [5.74, 6) is -0.0955. The number of halogens is 1. The number of anilines is 2. The fourth-order valence-electron chi connectivity index (χ4n) is 4.01. The number of imide groups is 1. The zero-order valence-electron chi connectivity index (χ0n) is 19.5. The number of rotatable bonds is 9. The Balaban J connectivity index is 1.53. The summed E-state index contributed by atoms with van der Waals surface area (Å²) >= 11 is 7.72. The number of thiophene rings is 1. The van der Waals surface area contributed by atoms with Crippen LogP contribution in [0.15, 0.2) is 60.0 Å². The van der Waals surface area contributed by atoms with Gasteiger partial charge < -0.3 is 15.0 Å². The number of hydrogen-bond acceptors (Lipinski definition) is 5. The van der Waals surface area contributed by atoms with Gasteiger partial charge in [0.1, 0.15) is 11.8 Å². The van der Waals surface area contributed by atoms with Crippen LogP contribution in [0.25, 0.3) is 0 Å². The van der Waals surface area contributed by atoms with Crippen LogP contribution in [0.5, 0.6) is 5.75 Å². The number of urea groups is 1. The van der Waals surface area contributed by atoms with E-state index in [2.05, 4.69) is 5.32 Å². The minimum Gasteiger partial charge on any atom is -0.494 e. The molecule has 182 valence electrons. The van der Waals surface area contributed by atoms with E-state index in [4.69, 9.17) is 16.3 Å². The lowest BCUT2D eigenvalue weighted by Crippen LogP contribution is -2.39. The second-order valence-electron chi connectivity index (χ2n) is 8.13. The van der Waals surface area contributed by atoms with E-state index in [1.54, 1.807) is 59.9 Å². The van der Waals surface area contributed by atoms with Gasteiger partial charge in [-0.15, -0.1) is 11.3 Å². The zero-order chi connectivity index (χ0) is 24.9. The summed E-state index contributed by atoms with van der Waals surface area (Å²) in [4.78, 5) is 43.4. The van der Waals surface area contributed by atoms with Crippen molar-refractivity contribution < 1.29 is 19.1 Å². The first-order chi connectivity index (χ1) is 16.9. The van der Waals surface area contributed by atoms with Gasteiger partial charge in [-0.2, -0.15) is 0 Å². The third-order valence-corrected chi connectivity index (χ3v) is 7.08. The first-order valence-electron chi connectivity index (χ1n) is 11.3. The lowest BCUT2D eigenvalue weighted by atomic mass is 10.1. The average Bonchev–Trinajstić information content (AvgIpc) is 3.33. The molecule has 1 N–H and O–H groups in total. The fraction of sp³-hybridized carbons (Fsp3) is 0.269. The number of carbonyl (C=O) groups excluding carboxylic acids is 3. The van der Waals surface area contributed by atoms with E-state index in [-0.39, 0.29) is 12.3 Å². The Labute approximate surface area is 213 Å². The molecule has 1 saturated heterocycles. The molecule has 4 rings (SSSR count). The Morgan fingerprint density at radius 1 is 1.14 bits per heavy atom. The fourth-order valence-corrected chi connectivity index (χ4v) is 5.10. The third-order valence-electron chi connectivity index (χ3n) is 5.76. The molecule has 7 nitrogen and oxygen atoms in total. The third kappa shape index (κ3) is 5.66. The standard InChI is InChI=1S/C26H26ClN3O4S/c1-3-34-21-9-7-19(8-10-21)28-24(31)16-22-25(32)30(20-6-4-5-18(27)15-20)26(33)29(22)13-11-23-17(2)12-14-35-23/h4-10,12,14-15,22H,3,11,13,16H2,1-2H3,(H,28,31)/t22-/m1/s1. The van der Waals surface area contributed by atoms with E-state index in [1.165, 1.54) is 4.90 Å². The van der Waals surface area contributed by atoms with Gasteiger partial charge in [0.05, 0.1) is 18.7 Å². The molecular weight excluding hydrogens is 486 g/mol. The Bertz CT molecular complexity index is 1230. The number of benzene rings is 2. The highest BCUT2D eigenvalue weighted by Gasteiger charge is 2.46. The molecule has 2 heterocycles. The molecule has 1 aliphatic rings. The summed E-state index contributed by atoms with van der Waals surface area (Å²) in [6.07, 6.45) is 0.446. The molecule has 1 atom stereocenters. The molecule has 3 aromatic rings. The van der Waals surface area contributed by atoms with E-state index < -0.39 is 18.0 Å². The summed E-state index contributed by atoms with van der Waals surface area (Å²) < 4.78 is 5.43. The smallest absolute Gasteiger partial charge is 0.332 e. The van der Waals surface area contributed by atoms with Crippen LogP contribution in [0.2, 0.25) is 5.02 Å². The molecule has 35 heavy (non-hydrogen) atoms. The van der Waals surface area contributed by atoms with Crippen molar-refractivity contribution in [3.63, 3.8) is 0 Å². The summed E-state index contributed by atoms with van der Waals surface area (Å²) in [7, 11) is 0.